The van der Waals surface area contributed by atoms with Crippen LogP contribution in [-0.4, -0.2) is 30.6 Å². The van der Waals surface area contributed by atoms with Gasteiger partial charge in [0.05, 0.1) is 22.5 Å². The molecule has 8 heteroatoms. The van der Waals surface area contributed by atoms with E-state index < -0.39 is 15.8 Å². The topological polar surface area (TPSA) is 87.7 Å². The van der Waals surface area contributed by atoms with E-state index in [1.807, 2.05) is 25.1 Å². The Balaban J connectivity index is 1.77. The zero-order chi connectivity index (χ0) is 21.3. The van der Waals surface area contributed by atoms with Crippen molar-refractivity contribution < 1.29 is 12.8 Å². The highest BCUT2D eigenvalue weighted by Crippen LogP contribution is 2.33. The van der Waals surface area contributed by atoms with Gasteiger partial charge in [-0.1, -0.05) is 24.3 Å². The Kier molecular flexibility index (Phi) is 5.19. The second-order valence-electron chi connectivity index (χ2n) is 6.75. The van der Waals surface area contributed by atoms with Gasteiger partial charge in [-0.25, -0.2) is 17.5 Å². The number of aromatic nitrogens is 3. The number of hydrogen-bond acceptors (Lipinski definition) is 4. The first-order valence-corrected chi connectivity index (χ1v) is 10.7. The molecular weight excluding hydrogens is 403 g/mol. The van der Waals surface area contributed by atoms with E-state index in [1.165, 1.54) is 25.2 Å². The van der Waals surface area contributed by atoms with E-state index in [0.717, 1.165) is 28.2 Å². The molecule has 0 unspecified atom stereocenters. The van der Waals surface area contributed by atoms with Crippen LogP contribution < -0.4 is 4.72 Å². The van der Waals surface area contributed by atoms with Crippen LogP contribution in [0.3, 0.4) is 0 Å². The third kappa shape index (κ3) is 3.74. The van der Waals surface area contributed by atoms with E-state index in [4.69, 9.17) is 0 Å². The average Bonchev–Trinajstić information content (AvgIpc) is 3.24. The molecule has 2 N–H and O–H groups in total. The minimum absolute atomic E-state index is 0.118. The predicted molar refractivity (Wildman–Crippen MR) is 114 cm³/mol. The lowest BCUT2D eigenvalue weighted by atomic mass is 9.98. The summed E-state index contributed by atoms with van der Waals surface area (Å²) in [5.74, 6) is -0.401. The molecule has 0 amide bonds. The molecule has 2 heterocycles. The number of hydrogen-bond donors (Lipinski definition) is 2. The number of aryl methyl sites for hydroxylation is 1. The Bertz CT molecular complexity index is 1320. The molecule has 0 radical (unpaired) electrons. The first-order valence-electron chi connectivity index (χ1n) is 9.20. The van der Waals surface area contributed by atoms with Gasteiger partial charge < -0.3 is 0 Å². The second kappa shape index (κ2) is 7.81. The number of sulfonamides is 1. The Labute approximate surface area is 173 Å². The highest BCUT2D eigenvalue weighted by Gasteiger charge is 2.15. The normalized spacial score (nSPS) is 11.6. The Morgan fingerprint density at radius 2 is 1.70 bits per heavy atom. The summed E-state index contributed by atoms with van der Waals surface area (Å²) in [5, 5.41) is 7.12. The number of H-pyrrole nitrogens is 1. The molecule has 2 aromatic carbocycles. The van der Waals surface area contributed by atoms with Crippen molar-refractivity contribution in [3.8, 4) is 33.6 Å². The van der Waals surface area contributed by atoms with Crippen molar-refractivity contribution in [3.05, 3.63) is 78.4 Å². The summed E-state index contributed by atoms with van der Waals surface area (Å²) in [6.07, 6.45) is 1.68. The fourth-order valence-electron chi connectivity index (χ4n) is 3.23. The van der Waals surface area contributed by atoms with Crippen molar-refractivity contribution in [2.75, 3.05) is 7.05 Å². The highest BCUT2D eigenvalue weighted by molar-refractivity contribution is 7.89. The Morgan fingerprint density at radius 1 is 0.967 bits per heavy atom. The second-order valence-corrected chi connectivity index (χ2v) is 8.64. The van der Waals surface area contributed by atoms with Crippen LogP contribution in [0.15, 0.2) is 71.8 Å². The van der Waals surface area contributed by atoms with Crippen molar-refractivity contribution in [1.82, 2.24) is 19.9 Å². The quantitative estimate of drug-likeness (QED) is 0.506. The van der Waals surface area contributed by atoms with E-state index in [9.17, 15) is 12.8 Å². The Morgan fingerprint density at radius 3 is 2.40 bits per heavy atom. The summed E-state index contributed by atoms with van der Waals surface area (Å²) in [5.41, 5.74) is 4.87. The van der Waals surface area contributed by atoms with Crippen LogP contribution in [0, 0.1) is 12.7 Å². The van der Waals surface area contributed by atoms with Crippen molar-refractivity contribution in [2.45, 2.75) is 11.8 Å². The molecule has 30 heavy (non-hydrogen) atoms. The van der Waals surface area contributed by atoms with Gasteiger partial charge >= 0.3 is 0 Å². The zero-order valence-electron chi connectivity index (χ0n) is 16.3. The summed E-state index contributed by atoms with van der Waals surface area (Å²) < 4.78 is 40.7. The molecular formula is C22H19FN4O2S. The van der Waals surface area contributed by atoms with Crippen LogP contribution in [0.25, 0.3) is 33.6 Å². The van der Waals surface area contributed by atoms with Crippen LogP contribution in [0.2, 0.25) is 0 Å². The maximum atomic E-state index is 14.6. The molecule has 4 rings (SSSR count). The molecule has 0 fully saturated rings. The number of benzene rings is 2. The number of aromatic amines is 1. The molecule has 6 nitrogen and oxygen atoms in total. The predicted octanol–water partition coefficient (Wildman–Crippen LogP) is 4.16. The van der Waals surface area contributed by atoms with Crippen molar-refractivity contribution >= 4 is 10.0 Å². The van der Waals surface area contributed by atoms with E-state index in [1.54, 1.807) is 30.5 Å². The largest absolute Gasteiger partial charge is 0.276 e. The van der Waals surface area contributed by atoms with Crippen molar-refractivity contribution in [2.24, 2.45) is 0 Å². The number of pyridine rings is 1. The van der Waals surface area contributed by atoms with Gasteiger partial charge in [-0.15, -0.1) is 0 Å². The van der Waals surface area contributed by atoms with Crippen LogP contribution >= 0.6 is 0 Å². The molecule has 0 aliphatic rings. The summed E-state index contributed by atoms with van der Waals surface area (Å²) in [4.78, 5) is 4.65. The number of halogens is 1. The molecule has 0 aliphatic heterocycles. The minimum atomic E-state index is -3.55. The molecule has 0 saturated heterocycles. The van der Waals surface area contributed by atoms with Gasteiger partial charge in [0.25, 0.3) is 0 Å². The number of nitrogens with zero attached hydrogens (tertiary/aromatic N) is 2. The number of rotatable bonds is 5. The first-order chi connectivity index (χ1) is 14.4. The summed E-state index contributed by atoms with van der Waals surface area (Å²) >= 11 is 0. The van der Waals surface area contributed by atoms with E-state index in [2.05, 4.69) is 19.9 Å². The maximum Gasteiger partial charge on any atom is 0.240 e. The van der Waals surface area contributed by atoms with Gasteiger partial charge in [0.2, 0.25) is 10.0 Å². The molecule has 0 bridgehead atoms. The molecule has 4 aromatic rings. The molecule has 0 saturated carbocycles. The highest BCUT2D eigenvalue weighted by atomic mass is 32.2. The number of nitrogens with one attached hydrogen (secondary N) is 2. The molecule has 0 atom stereocenters. The third-order valence-corrected chi connectivity index (χ3v) is 6.24. The average molecular weight is 422 g/mol. The smallest absolute Gasteiger partial charge is 0.240 e. The SMILES string of the molecule is CNS(=O)(=O)c1ccc(-c2cc(-c3cn[nH]c3-c3cccc(C)n3)ccc2F)cc1. The van der Waals surface area contributed by atoms with Crippen molar-refractivity contribution in [1.29, 1.82) is 0 Å². The first kappa shape index (κ1) is 19.9. The summed E-state index contributed by atoms with van der Waals surface area (Å²) in [7, 11) is -2.21. The van der Waals surface area contributed by atoms with Gasteiger partial charge in [0.15, 0.2) is 0 Å². The lowest BCUT2D eigenvalue weighted by Crippen LogP contribution is -2.18. The molecule has 0 aliphatic carbocycles. The van der Waals surface area contributed by atoms with Gasteiger partial charge in [-0.2, -0.15) is 5.10 Å². The molecule has 2 aromatic heterocycles. The zero-order valence-corrected chi connectivity index (χ0v) is 17.2. The van der Waals surface area contributed by atoms with E-state index in [0.29, 0.717) is 11.1 Å². The lowest BCUT2D eigenvalue weighted by molar-refractivity contribution is 0.588. The van der Waals surface area contributed by atoms with Crippen LogP contribution in [-0.2, 0) is 10.0 Å². The van der Waals surface area contributed by atoms with Crippen LogP contribution in [0.5, 0.6) is 0 Å². The minimum Gasteiger partial charge on any atom is -0.276 e. The fourth-order valence-corrected chi connectivity index (χ4v) is 3.96. The summed E-state index contributed by atoms with van der Waals surface area (Å²) in [6, 6.07) is 16.6. The van der Waals surface area contributed by atoms with E-state index in [-0.39, 0.29) is 4.90 Å². The standard InChI is InChI=1S/C22H19FN4O2S/c1-14-4-3-5-21(26-14)22-19(13-25-27-22)16-8-11-20(23)18(12-16)15-6-9-17(10-7-15)30(28,29)24-2/h3-13,24H,1-2H3,(H,25,27). The third-order valence-electron chi connectivity index (χ3n) is 4.81. The van der Waals surface area contributed by atoms with Gasteiger partial charge in [0.1, 0.15) is 5.82 Å². The van der Waals surface area contributed by atoms with Gasteiger partial charge in [0, 0.05) is 16.8 Å². The lowest BCUT2D eigenvalue weighted by Gasteiger charge is -2.09. The molecule has 152 valence electrons. The van der Waals surface area contributed by atoms with Crippen LogP contribution in [0.4, 0.5) is 4.39 Å². The Hall–Kier alpha value is -3.36. The van der Waals surface area contributed by atoms with Gasteiger partial charge in [-0.05, 0) is 61.5 Å². The maximum absolute atomic E-state index is 14.6. The molecule has 0 spiro atoms. The van der Waals surface area contributed by atoms with Crippen LogP contribution in [0.1, 0.15) is 5.69 Å². The van der Waals surface area contributed by atoms with Crippen molar-refractivity contribution in [3.63, 3.8) is 0 Å². The van der Waals surface area contributed by atoms with Gasteiger partial charge in [-0.3, -0.25) is 10.1 Å². The summed E-state index contributed by atoms with van der Waals surface area (Å²) in [6.45, 7) is 1.91. The fraction of sp³-hybridized carbons (Fsp3) is 0.0909. The van der Waals surface area contributed by atoms with E-state index >= 15 is 0 Å². The monoisotopic (exact) mass is 422 g/mol.